The van der Waals surface area contributed by atoms with Crippen LogP contribution in [0.4, 0.5) is 5.69 Å². The Balaban J connectivity index is 2.10. The Kier molecular flexibility index (Phi) is 6.36. The lowest BCUT2D eigenvalue weighted by molar-refractivity contribution is -0.112. The summed E-state index contributed by atoms with van der Waals surface area (Å²) in [4.78, 5) is 12.4. The Hall–Kier alpha value is -3.06. The Morgan fingerprint density at radius 3 is 2.32 bits per heavy atom. The first-order chi connectivity index (χ1) is 12.0. The average molecular weight is 333 g/mol. The van der Waals surface area contributed by atoms with Crippen molar-refractivity contribution in [3.05, 3.63) is 77.5 Å². The van der Waals surface area contributed by atoms with Crippen LogP contribution in [0.15, 0.2) is 66.4 Å². The summed E-state index contributed by atoms with van der Waals surface area (Å²) in [5.41, 5.74) is 2.90. The van der Waals surface area contributed by atoms with Gasteiger partial charge in [-0.3, -0.25) is 4.79 Å². The van der Waals surface area contributed by atoms with E-state index in [0.717, 1.165) is 16.8 Å². The SMILES string of the molecule is CC(C)c1ccccc1NC(=O)/C(C#N)=C\NC(C)c1ccccc1. The van der Waals surface area contributed by atoms with Crippen LogP contribution in [0.25, 0.3) is 0 Å². The molecule has 4 nitrogen and oxygen atoms in total. The Morgan fingerprint density at radius 2 is 1.68 bits per heavy atom. The van der Waals surface area contributed by atoms with E-state index in [1.165, 1.54) is 6.20 Å². The fraction of sp³-hybridized carbons (Fsp3) is 0.238. The zero-order valence-electron chi connectivity index (χ0n) is 14.8. The molecule has 2 N–H and O–H groups in total. The van der Waals surface area contributed by atoms with Gasteiger partial charge < -0.3 is 10.6 Å². The standard InChI is InChI=1S/C21H23N3O/c1-15(2)19-11-7-8-12-20(19)24-21(25)18(13-22)14-23-16(3)17-9-5-4-6-10-17/h4-12,14-16,23H,1-3H3,(H,24,25)/b18-14-. The van der Waals surface area contributed by atoms with Gasteiger partial charge in [-0.1, -0.05) is 62.4 Å². The molecule has 25 heavy (non-hydrogen) atoms. The lowest BCUT2D eigenvalue weighted by atomic mass is 10.0. The molecular weight excluding hydrogens is 310 g/mol. The number of rotatable bonds is 6. The van der Waals surface area contributed by atoms with Gasteiger partial charge in [-0.2, -0.15) is 5.26 Å². The number of amides is 1. The van der Waals surface area contributed by atoms with Crippen LogP contribution in [0.1, 0.15) is 43.9 Å². The highest BCUT2D eigenvalue weighted by Gasteiger charge is 2.13. The molecule has 0 aliphatic heterocycles. The molecule has 0 aliphatic carbocycles. The van der Waals surface area contributed by atoms with Crippen LogP contribution in [0, 0.1) is 11.3 Å². The van der Waals surface area contributed by atoms with Crippen molar-refractivity contribution in [1.29, 1.82) is 5.26 Å². The number of carbonyl (C=O) groups excluding carboxylic acids is 1. The van der Waals surface area contributed by atoms with Crippen LogP contribution >= 0.6 is 0 Å². The second-order valence-corrected chi connectivity index (χ2v) is 6.16. The number of carbonyl (C=O) groups is 1. The summed E-state index contributed by atoms with van der Waals surface area (Å²) in [7, 11) is 0. The van der Waals surface area contributed by atoms with Crippen molar-refractivity contribution in [2.75, 3.05) is 5.32 Å². The van der Waals surface area contributed by atoms with Crippen molar-refractivity contribution in [3.63, 3.8) is 0 Å². The second-order valence-electron chi connectivity index (χ2n) is 6.16. The number of hydrogen-bond acceptors (Lipinski definition) is 3. The minimum absolute atomic E-state index is 0.000278. The van der Waals surface area contributed by atoms with Gasteiger partial charge in [0, 0.05) is 17.9 Å². The first kappa shape index (κ1) is 18.3. The van der Waals surface area contributed by atoms with E-state index in [9.17, 15) is 10.1 Å². The number of hydrogen-bond donors (Lipinski definition) is 2. The summed E-state index contributed by atoms with van der Waals surface area (Å²) in [6, 6.07) is 19.5. The molecule has 0 fully saturated rings. The first-order valence-corrected chi connectivity index (χ1v) is 8.34. The molecule has 1 amide bonds. The van der Waals surface area contributed by atoms with Crippen LogP contribution in [0.5, 0.6) is 0 Å². The molecule has 0 bridgehead atoms. The minimum atomic E-state index is -0.414. The number of benzene rings is 2. The van der Waals surface area contributed by atoms with Crippen LogP contribution in [-0.4, -0.2) is 5.91 Å². The van der Waals surface area contributed by atoms with Crippen molar-refractivity contribution in [2.45, 2.75) is 32.7 Å². The smallest absolute Gasteiger partial charge is 0.267 e. The largest absolute Gasteiger partial charge is 0.383 e. The summed E-state index contributed by atoms with van der Waals surface area (Å²) in [5.74, 6) is -0.134. The van der Waals surface area contributed by atoms with E-state index < -0.39 is 5.91 Å². The molecule has 0 aromatic heterocycles. The van der Waals surface area contributed by atoms with Crippen molar-refractivity contribution >= 4 is 11.6 Å². The highest BCUT2D eigenvalue weighted by molar-refractivity contribution is 6.06. The van der Waals surface area contributed by atoms with Gasteiger partial charge in [0.05, 0.1) is 0 Å². The summed E-state index contributed by atoms with van der Waals surface area (Å²) < 4.78 is 0. The molecule has 1 unspecified atom stereocenters. The van der Waals surface area contributed by atoms with E-state index in [-0.39, 0.29) is 17.5 Å². The third-order valence-corrected chi connectivity index (χ3v) is 3.97. The molecule has 128 valence electrons. The zero-order chi connectivity index (χ0) is 18.2. The maximum atomic E-state index is 12.4. The molecule has 0 heterocycles. The molecule has 0 radical (unpaired) electrons. The van der Waals surface area contributed by atoms with Crippen molar-refractivity contribution in [1.82, 2.24) is 5.32 Å². The van der Waals surface area contributed by atoms with Gasteiger partial charge in [-0.05, 0) is 30.0 Å². The van der Waals surface area contributed by atoms with Crippen molar-refractivity contribution in [2.24, 2.45) is 0 Å². The topological polar surface area (TPSA) is 64.9 Å². The molecule has 2 aromatic rings. The normalized spacial score (nSPS) is 12.4. The van der Waals surface area contributed by atoms with Gasteiger partial charge in [0.15, 0.2) is 0 Å². The lowest BCUT2D eigenvalue weighted by Crippen LogP contribution is -2.19. The minimum Gasteiger partial charge on any atom is -0.383 e. The molecule has 4 heteroatoms. The fourth-order valence-corrected chi connectivity index (χ4v) is 2.50. The number of anilines is 1. The quantitative estimate of drug-likeness (QED) is 0.604. The van der Waals surface area contributed by atoms with E-state index >= 15 is 0 Å². The van der Waals surface area contributed by atoms with Gasteiger partial charge in [-0.15, -0.1) is 0 Å². The summed E-state index contributed by atoms with van der Waals surface area (Å²) in [6.07, 6.45) is 1.48. The van der Waals surface area contributed by atoms with Gasteiger partial charge in [-0.25, -0.2) is 0 Å². The van der Waals surface area contributed by atoms with E-state index in [2.05, 4.69) is 24.5 Å². The summed E-state index contributed by atoms with van der Waals surface area (Å²) in [6.45, 7) is 6.11. The predicted molar refractivity (Wildman–Crippen MR) is 101 cm³/mol. The zero-order valence-corrected chi connectivity index (χ0v) is 14.8. The molecule has 0 saturated carbocycles. The molecule has 0 saturated heterocycles. The maximum Gasteiger partial charge on any atom is 0.267 e. The van der Waals surface area contributed by atoms with Crippen LogP contribution in [-0.2, 0) is 4.79 Å². The third-order valence-electron chi connectivity index (χ3n) is 3.97. The Bertz CT molecular complexity index is 788. The van der Waals surface area contributed by atoms with Crippen LogP contribution in [0.3, 0.4) is 0 Å². The molecular formula is C21H23N3O. The van der Waals surface area contributed by atoms with Crippen molar-refractivity contribution in [3.8, 4) is 6.07 Å². The Morgan fingerprint density at radius 1 is 1.04 bits per heavy atom. The van der Waals surface area contributed by atoms with Gasteiger partial charge >= 0.3 is 0 Å². The van der Waals surface area contributed by atoms with E-state index in [0.29, 0.717) is 0 Å². The second kappa shape index (κ2) is 8.70. The average Bonchev–Trinajstić information content (AvgIpc) is 2.63. The van der Waals surface area contributed by atoms with E-state index in [4.69, 9.17) is 0 Å². The summed E-state index contributed by atoms with van der Waals surface area (Å²) in [5, 5.41) is 15.3. The Labute approximate surface area is 149 Å². The van der Waals surface area contributed by atoms with Crippen LogP contribution in [0.2, 0.25) is 0 Å². The summed E-state index contributed by atoms with van der Waals surface area (Å²) >= 11 is 0. The van der Waals surface area contributed by atoms with Gasteiger partial charge in [0.2, 0.25) is 0 Å². The van der Waals surface area contributed by atoms with Crippen molar-refractivity contribution < 1.29 is 4.79 Å². The number of nitrogens with one attached hydrogen (secondary N) is 2. The molecule has 1 atom stereocenters. The molecule has 2 aromatic carbocycles. The van der Waals surface area contributed by atoms with Gasteiger partial charge in [0.25, 0.3) is 5.91 Å². The number of para-hydroxylation sites is 1. The number of nitriles is 1. The fourth-order valence-electron chi connectivity index (χ4n) is 2.50. The molecule has 2 rings (SSSR count). The highest BCUT2D eigenvalue weighted by Crippen LogP contribution is 2.24. The third kappa shape index (κ3) is 4.95. The van der Waals surface area contributed by atoms with Crippen LogP contribution < -0.4 is 10.6 Å². The van der Waals surface area contributed by atoms with E-state index in [1.54, 1.807) is 0 Å². The first-order valence-electron chi connectivity index (χ1n) is 8.34. The lowest BCUT2D eigenvalue weighted by Gasteiger charge is -2.14. The molecule has 0 aliphatic rings. The highest BCUT2D eigenvalue weighted by atomic mass is 16.1. The monoisotopic (exact) mass is 333 g/mol. The van der Waals surface area contributed by atoms with Gasteiger partial charge in [0.1, 0.15) is 11.6 Å². The number of nitrogens with zero attached hydrogens (tertiary/aromatic N) is 1. The predicted octanol–water partition coefficient (Wildman–Crippen LogP) is 4.51. The van der Waals surface area contributed by atoms with E-state index in [1.807, 2.05) is 67.6 Å². The maximum absolute atomic E-state index is 12.4. The molecule has 0 spiro atoms.